The maximum atomic E-state index is 14.2. The highest BCUT2D eigenvalue weighted by Gasteiger charge is 2.33. The zero-order chi connectivity index (χ0) is 30.2. The number of amides is 2. The monoisotopic (exact) mass is 579 g/mol. The Kier molecular flexibility index (Phi) is 10.9. The Morgan fingerprint density at radius 3 is 2.27 bits per heavy atom. The Morgan fingerprint density at radius 2 is 1.63 bits per heavy atom. The molecule has 0 aliphatic carbocycles. The largest absolute Gasteiger partial charge is 0.497 e. The number of hydrogen-bond donors (Lipinski definition) is 1. The molecule has 0 aliphatic heterocycles. The van der Waals surface area contributed by atoms with Gasteiger partial charge in [0.15, 0.2) is 0 Å². The third-order valence-corrected chi connectivity index (χ3v) is 8.20. The number of benzene rings is 3. The summed E-state index contributed by atoms with van der Waals surface area (Å²) < 4.78 is 32.6. The van der Waals surface area contributed by atoms with Gasteiger partial charge in [0.2, 0.25) is 21.8 Å². The number of aryl methyl sites for hydroxylation is 2. The number of carbonyl (C=O) groups is 2. The first-order chi connectivity index (χ1) is 19.4. The van der Waals surface area contributed by atoms with Crippen molar-refractivity contribution in [3.05, 3.63) is 95.1 Å². The Morgan fingerprint density at radius 1 is 0.951 bits per heavy atom. The maximum absolute atomic E-state index is 14.2. The highest BCUT2D eigenvalue weighted by atomic mass is 32.2. The number of methoxy groups -OCH3 is 1. The molecule has 3 aromatic rings. The number of nitrogens with zero attached hydrogens (tertiary/aromatic N) is 2. The van der Waals surface area contributed by atoms with Gasteiger partial charge in [-0.05, 0) is 67.6 Å². The summed E-state index contributed by atoms with van der Waals surface area (Å²) in [5.74, 6) is -0.164. The number of rotatable bonds is 13. The molecular weight excluding hydrogens is 538 g/mol. The van der Waals surface area contributed by atoms with Crippen molar-refractivity contribution in [2.75, 3.05) is 24.2 Å². The number of carbonyl (C=O) groups excluding carboxylic acids is 2. The fourth-order valence-corrected chi connectivity index (χ4v) is 5.44. The second-order valence-electron chi connectivity index (χ2n) is 10.5. The Balaban J connectivity index is 2.10. The van der Waals surface area contributed by atoms with Gasteiger partial charge in [-0.3, -0.25) is 13.9 Å². The molecule has 2 amide bonds. The molecule has 0 saturated carbocycles. The van der Waals surface area contributed by atoms with Gasteiger partial charge in [0.25, 0.3) is 0 Å². The molecule has 41 heavy (non-hydrogen) atoms. The Hall–Kier alpha value is -3.85. The van der Waals surface area contributed by atoms with Crippen LogP contribution in [0.5, 0.6) is 5.75 Å². The predicted octanol–water partition coefficient (Wildman–Crippen LogP) is 4.63. The van der Waals surface area contributed by atoms with E-state index in [4.69, 9.17) is 4.74 Å². The first kappa shape index (κ1) is 31.7. The molecule has 3 aromatic carbocycles. The minimum atomic E-state index is -3.83. The lowest BCUT2D eigenvalue weighted by atomic mass is 10.0. The summed E-state index contributed by atoms with van der Waals surface area (Å²) in [6.07, 6.45) is 2.08. The quantitative estimate of drug-likeness (QED) is 0.319. The van der Waals surface area contributed by atoms with Crippen molar-refractivity contribution in [2.45, 2.75) is 59.2 Å². The Bertz CT molecular complexity index is 1440. The smallest absolute Gasteiger partial charge is 0.244 e. The van der Waals surface area contributed by atoms with E-state index in [-0.39, 0.29) is 24.9 Å². The molecule has 0 heterocycles. The maximum Gasteiger partial charge on any atom is 0.244 e. The number of nitrogens with one attached hydrogen (secondary N) is 1. The number of hydrogen-bond acceptors (Lipinski definition) is 5. The van der Waals surface area contributed by atoms with Crippen LogP contribution in [0.2, 0.25) is 0 Å². The molecular formula is C32H41N3O5S. The van der Waals surface area contributed by atoms with E-state index in [1.54, 1.807) is 19.2 Å². The van der Waals surface area contributed by atoms with Crippen molar-refractivity contribution >= 4 is 27.5 Å². The van der Waals surface area contributed by atoms with Crippen molar-refractivity contribution in [3.8, 4) is 5.75 Å². The van der Waals surface area contributed by atoms with Crippen LogP contribution in [0.25, 0.3) is 0 Å². The SMILES string of the molecule is CC[C@H](C)NC(=O)[C@@H](Cc1ccccc1)N(Cc1cccc(OC)c1)C(=O)CN(c1cc(C)ccc1C)S(C)(=O)=O. The molecule has 0 radical (unpaired) electrons. The third kappa shape index (κ3) is 8.82. The van der Waals surface area contributed by atoms with E-state index in [0.717, 1.165) is 39.2 Å². The summed E-state index contributed by atoms with van der Waals surface area (Å²) in [6, 6.07) is 21.3. The predicted molar refractivity (Wildman–Crippen MR) is 163 cm³/mol. The molecule has 0 saturated heterocycles. The summed E-state index contributed by atoms with van der Waals surface area (Å²) >= 11 is 0. The van der Waals surface area contributed by atoms with E-state index >= 15 is 0 Å². The zero-order valence-corrected chi connectivity index (χ0v) is 25.6. The topological polar surface area (TPSA) is 96.0 Å². The van der Waals surface area contributed by atoms with E-state index in [1.807, 2.05) is 88.4 Å². The minimum absolute atomic E-state index is 0.0891. The van der Waals surface area contributed by atoms with Crippen molar-refractivity contribution < 1.29 is 22.7 Å². The summed E-state index contributed by atoms with van der Waals surface area (Å²) in [5, 5.41) is 3.04. The lowest BCUT2D eigenvalue weighted by molar-refractivity contribution is -0.140. The van der Waals surface area contributed by atoms with Gasteiger partial charge in [-0.1, -0.05) is 61.5 Å². The summed E-state index contributed by atoms with van der Waals surface area (Å²) in [7, 11) is -2.27. The fraction of sp³-hybridized carbons (Fsp3) is 0.375. The molecule has 2 atom stereocenters. The van der Waals surface area contributed by atoms with Gasteiger partial charge in [0, 0.05) is 19.0 Å². The van der Waals surface area contributed by atoms with Crippen LogP contribution in [-0.4, -0.2) is 57.1 Å². The minimum Gasteiger partial charge on any atom is -0.497 e. The van der Waals surface area contributed by atoms with Gasteiger partial charge in [0.05, 0.1) is 19.1 Å². The first-order valence-electron chi connectivity index (χ1n) is 13.7. The first-order valence-corrected chi connectivity index (χ1v) is 15.6. The van der Waals surface area contributed by atoms with Gasteiger partial charge in [-0.15, -0.1) is 0 Å². The van der Waals surface area contributed by atoms with Crippen LogP contribution < -0.4 is 14.4 Å². The molecule has 0 aliphatic rings. The lowest BCUT2D eigenvalue weighted by Crippen LogP contribution is -2.54. The van der Waals surface area contributed by atoms with E-state index in [9.17, 15) is 18.0 Å². The summed E-state index contributed by atoms with van der Waals surface area (Å²) in [5.41, 5.74) is 3.67. The summed E-state index contributed by atoms with van der Waals surface area (Å²) in [6.45, 7) is 7.21. The van der Waals surface area contributed by atoms with Crippen molar-refractivity contribution in [3.63, 3.8) is 0 Å². The van der Waals surface area contributed by atoms with Crippen LogP contribution in [0.3, 0.4) is 0 Å². The van der Waals surface area contributed by atoms with E-state index < -0.39 is 28.5 Å². The van der Waals surface area contributed by atoms with Gasteiger partial charge in [0.1, 0.15) is 18.3 Å². The number of sulfonamides is 1. The van der Waals surface area contributed by atoms with E-state index in [2.05, 4.69) is 5.32 Å². The molecule has 0 unspecified atom stereocenters. The van der Waals surface area contributed by atoms with Gasteiger partial charge in [-0.2, -0.15) is 0 Å². The number of anilines is 1. The zero-order valence-electron chi connectivity index (χ0n) is 24.8. The van der Waals surface area contributed by atoms with Crippen LogP contribution in [0.1, 0.15) is 42.5 Å². The Labute approximate surface area is 244 Å². The van der Waals surface area contributed by atoms with Crippen molar-refractivity contribution in [1.82, 2.24) is 10.2 Å². The molecule has 0 fully saturated rings. The average molecular weight is 580 g/mol. The fourth-order valence-electron chi connectivity index (χ4n) is 4.55. The van der Waals surface area contributed by atoms with Crippen LogP contribution in [0.4, 0.5) is 5.69 Å². The van der Waals surface area contributed by atoms with Gasteiger partial charge < -0.3 is 15.0 Å². The van der Waals surface area contributed by atoms with Gasteiger partial charge >= 0.3 is 0 Å². The van der Waals surface area contributed by atoms with Crippen LogP contribution in [-0.2, 0) is 32.6 Å². The van der Waals surface area contributed by atoms with Gasteiger partial charge in [-0.25, -0.2) is 8.42 Å². The van der Waals surface area contributed by atoms with Crippen LogP contribution >= 0.6 is 0 Å². The second kappa shape index (κ2) is 14.2. The molecule has 3 rings (SSSR count). The van der Waals surface area contributed by atoms with Crippen LogP contribution in [0.15, 0.2) is 72.8 Å². The summed E-state index contributed by atoms with van der Waals surface area (Å²) in [4.78, 5) is 29.5. The molecule has 8 nitrogen and oxygen atoms in total. The third-order valence-electron chi connectivity index (χ3n) is 7.07. The van der Waals surface area contributed by atoms with Crippen molar-refractivity contribution in [1.29, 1.82) is 0 Å². The second-order valence-corrected chi connectivity index (χ2v) is 12.4. The van der Waals surface area contributed by atoms with E-state index in [0.29, 0.717) is 11.4 Å². The standard InChI is InChI=1S/C32H41N3O5S/c1-7-25(4)33-32(37)30(20-26-12-9-8-10-13-26)34(21-27-14-11-15-28(19-27)40-5)31(36)22-35(41(6,38)39)29-18-23(2)16-17-24(29)3/h8-19,25,30H,7,20-22H2,1-6H3,(H,33,37)/t25-,30+/m0/s1. The average Bonchev–Trinajstić information content (AvgIpc) is 2.94. The van der Waals surface area contributed by atoms with Crippen LogP contribution in [0, 0.1) is 13.8 Å². The molecule has 220 valence electrons. The molecule has 9 heteroatoms. The molecule has 0 aromatic heterocycles. The molecule has 1 N–H and O–H groups in total. The number of ether oxygens (including phenoxy) is 1. The highest BCUT2D eigenvalue weighted by Crippen LogP contribution is 2.25. The molecule has 0 bridgehead atoms. The van der Waals surface area contributed by atoms with Crippen molar-refractivity contribution in [2.24, 2.45) is 0 Å². The normalized spacial score (nSPS) is 12.7. The highest BCUT2D eigenvalue weighted by molar-refractivity contribution is 7.92. The molecule has 0 spiro atoms. The van der Waals surface area contributed by atoms with E-state index in [1.165, 1.54) is 4.90 Å². The lowest BCUT2D eigenvalue weighted by Gasteiger charge is -2.34.